The Bertz CT molecular complexity index is 1050. The van der Waals surface area contributed by atoms with Crippen molar-refractivity contribution in [3.63, 3.8) is 0 Å². The van der Waals surface area contributed by atoms with Crippen LogP contribution in [-0.4, -0.2) is 29.9 Å². The van der Waals surface area contributed by atoms with E-state index in [4.69, 9.17) is 13.9 Å². The van der Waals surface area contributed by atoms with Crippen LogP contribution >= 0.6 is 11.8 Å². The van der Waals surface area contributed by atoms with Gasteiger partial charge in [0.2, 0.25) is 11.8 Å². The lowest BCUT2D eigenvalue weighted by molar-refractivity contribution is -0.119. The van der Waals surface area contributed by atoms with E-state index in [1.54, 1.807) is 13.4 Å². The quantitative estimate of drug-likeness (QED) is 0.408. The topological polar surface area (TPSA) is 73.6 Å². The van der Waals surface area contributed by atoms with Crippen molar-refractivity contribution in [2.45, 2.75) is 50.5 Å². The van der Waals surface area contributed by atoms with Crippen molar-refractivity contribution < 1.29 is 18.7 Å². The van der Waals surface area contributed by atoms with E-state index in [9.17, 15) is 4.79 Å². The number of amides is 1. The maximum Gasteiger partial charge on any atom is 0.230 e. The van der Waals surface area contributed by atoms with E-state index in [0.29, 0.717) is 23.1 Å². The summed E-state index contributed by atoms with van der Waals surface area (Å²) in [6.45, 7) is 1.97. The van der Waals surface area contributed by atoms with Crippen molar-refractivity contribution in [2.75, 3.05) is 12.9 Å². The first kappa shape index (κ1) is 23.2. The Balaban J connectivity index is 1.26. The molecule has 4 rings (SSSR count). The second-order valence-corrected chi connectivity index (χ2v) is 9.21. The van der Waals surface area contributed by atoms with Gasteiger partial charge in [-0.2, -0.15) is 0 Å². The van der Waals surface area contributed by atoms with Crippen LogP contribution in [0.3, 0.4) is 0 Å². The van der Waals surface area contributed by atoms with E-state index >= 15 is 0 Å². The molecule has 0 saturated heterocycles. The van der Waals surface area contributed by atoms with E-state index in [1.807, 2.05) is 55.5 Å². The van der Waals surface area contributed by atoms with Gasteiger partial charge in [-0.3, -0.25) is 4.79 Å². The van der Waals surface area contributed by atoms with Gasteiger partial charge in [-0.05, 0) is 62.4 Å². The number of hydrogen-bond acceptors (Lipinski definition) is 6. The summed E-state index contributed by atoms with van der Waals surface area (Å²) in [5.41, 5.74) is 2.74. The SMILES string of the molecule is COc1cc(C(C)NC(=O)CSCc2coc(-c3ccccc3)n2)ccc1OC1CCCC1. The Morgan fingerprint density at radius 2 is 1.97 bits per heavy atom. The summed E-state index contributed by atoms with van der Waals surface area (Å²) in [6, 6.07) is 15.5. The molecule has 1 aromatic heterocycles. The fourth-order valence-electron chi connectivity index (χ4n) is 3.94. The molecule has 1 fully saturated rings. The summed E-state index contributed by atoms with van der Waals surface area (Å²) in [7, 11) is 1.65. The molecule has 0 bridgehead atoms. The number of carbonyl (C=O) groups is 1. The lowest BCUT2D eigenvalue weighted by Gasteiger charge is -2.19. The number of benzene rings is 2. The predicted molar refractivity (Wildman–Crippen MR) is 131 cm³/mol. The molecular formula is C26H30N2O4S. The number of rotatable bonds is 10. The highest BCUT2D eigenvalue weighted by Gasteiger charge is 2.19. The molecule has 3 aromatic rings. The lowest BCUT2D eigenvalue weighted by Crippen LogP contribution is -2.28. The maximum absolute atomic E-state index is 12.5. The van der Waals surface area contributed by atoms with E-state index < -0.39 is 0 Å². The first-order valence-corrected chi connectivity index (χ1v) is 12.5. The summed E-state index contributed by atoms with van der Waals surface area (Å²) in [6.07, 6.45) is 6.55. The predicted octanol–water partition coefficient (Wildman–Crippen LogP) is 5.78. The molecule has 0 radical (unpaired) electrons. The third-order valence-corrected chi connectivity index (χ3v) is 6.68. The molecule has 33 heavy (non-hydrogen) atoms. The van der Waals surface area contributed by atoms with Crippen molar-refractivity contribution in [1.29, 1.82) is 0 Å². The zero-order chi connectivity index (χ0) is 23.0. The van der Waals surface area contributed by atoms with E-state index in [-0.39, 0.29) is 18.1 Å². The average Bonchev–Trinajstić information content (AvgIpc) is 3.52. The standard InChI is InChI=1S/C26H30N2O4S/c1-18(20-12-13-23(24(14-20)30-2)32-22-10-6-7-11-22)27-25(29)17-33-16-21-15-31-26(28-21)19-8-4-3-5-9-19/h3-5,8-9,12-15,18,22H,6-7,10-11,16-17H2,1-2H3,(H,27,29). The third-order valence-electron chi connectivity index (χ3n) is 5.72. The zero-order valence-electron chi connectivity index (χ0n) is 19.1. The Morgan fingerprint density at radius 3 is 2.73 bits per heavy atom. The molecule has 6 nitrogen and oxygen atoms in total. The number of ether oxygens (including phenoxy) is 2. The number of nitrogens with one attached hydrogen (secondary N) is 1. The number of aromatic nitrogens is 1. The van der Waals surface area contributed by atoms with Crippen molar-refractivity contribution in [3.8, 4) is 23.0 Å². The summed E-state index contributed by atoms with van der Waals surface area (Å²) < 4.78 is 17.2. The fourth-order valence-corrected chi connectivity index (χ4v) is 4.65. The smallest absolute Gasteiger partial charge is 0.230 e. The normalized spacial score (nSPS) is 14.7. The van der Waals surface area contributed by atoms with Gasteiger partial charge < -0.3 is 19.2 Å². The first-order chi connectivity index (χ1) is 16.1. The molecule has 1 aliphatic rings. The van der Waals surface area contributed by atoms with Crippen LogP contribution in [0.25, 0.3) is 11.5 Å². The van der Waals surface area contributed by atoms with Gasteiger partial charge in [0.1, 0.15) is 6.26 Å². The van der Waals surface area contributed by atoms with Gasteiger partial charge in [0.25, 0.3) is 0 Å². The molecule has 1 unspecified atom stereocenters. The van der Waals surface area contributed by atoms with Gasteiger partial charge in [-0.15, -0.1) is 11.8 Å². The lowest BCUT2D eigenvalue weighted by atomic mass is 10.1. The largest absolute Gasteiger partial charge is 0.493 e. The Kier molecular flexibility index (Phi) is 7.94. The molecule has 1 heterocycles. The van der Waals surface area contributed by atoms with Crippen molar-refractivity contribution in [3.05, 3.63) is 66.1 Å². The van der Waals surface area contributed by atoms with Crippen LogP contribution in [0, 0.1) is 0 Å². The van der Waals surface area contributed by atoms with Gasteiger partial charge in [0, 0.05) is 11.3 Å². The van der Waals surface area contributed by atoms with Gasteiger partial charge in [-0.1, -0.05) is 24.3 Å². The van der Waals surface area contributed by atoms with E-state index in [1.165, 1.54) is 24.6 Å². The van der Waals surface area contributed by atoms with E-state index in [2.05, 4.69) is 10.3 Å². The van der Waals surface area contributed by atoms with Crippen LogP contribution in [0.2, 0.25) is 0 Å². The number of oxazole rings is 1. The average molecular weight is 467 g/mol. The Hall–Kier alpha value is -2.93. The minimum Gasteiger partial charge on any atom is -0.493 e. The molecular weight excluding hydrogens is 436 g/mol. The highest BCUT2D eigenvalue weighted by molar-refractivity contribution is 7.99. The molecule has 2 aromatic carbocycles. The van der Waals surface area contributed by atoms with E-state index in [0.717, 1.165) is 35.4 Å². The molecule has 7 heteroatoms. The van der Waals surface area contributed by atoms with Gasteiger partial charge >= 0.3 is 0 Å². The van der Waals surface area contributed by atoms with Crippen LogP contribution in [0.15, 0.2) is 59.2 Å². The number of methoxy groups -OCH3 is 1. The summed E-state index contributed by atoms with van der Waals surface area (Å²) in [5, 5.41) is 3.06. The summed E-state index contributed by atoms with van der Waals surface area (Å²) in [5.74, 6) is 3.00. The molecule has 1 N–H and O–H groups in total. The molecule has 174 valence electrons. The van der Waals surface area contributed by atoms with Crippen molar-refractivity contribution in [1.82, 2.24) is 10.3 Å². The van der Waals surface area contributed by atoms with Crippen molar-refractivity contribution >= 4 is 17.7 Å². The minimum atomic E-state index is -0.135. The highest BCUT2D eigenvalue weighted by atomic mass is 32.2. The van der Waals surface area contributed by atoms with Crippen LogP contribution in [0.1, 0.15) is 49.9 Å². The molecule has 0 spiro atoms. The Labute approximate surface area is 199 Å². The summed E-state index contributed by atoms with van der Waals surface area (Å²) >= 11 is 1.51. The minimum absolute atomic E-state index is 0.0236. The summed E-state index contributed by atoms with van der Waals surface area (Å²) in [4.78, 5) is 17.0. The van der Waals surface area contributed by atoms with Crippen LogP contribution in [0.5, 0.6) is 11.5 Å². The number of hydrogen-bond donors (Lipinski definition) is 1. The number of carbonyl (C=O) groups excluding carboxylic acids is 1. The highest BCUT2D eigenvalue weighted by Crippen LogP contribution is 2.33. The van der Waals surface area contributed by atoms with Crippen LogP contribution in [-0.2, 0) is 10.5 Å². The Morgan fingerprint density at radius 1 is 1.18 bits per heavy atom. The van der Waals surface area contributed by atoms with Gasteiger partial charge in [-0.25, -0.2) is 4.98 Å². The molecule has 1 aliphatic carbocycles. The zero-order valence-corrected chi connectivity index (χ0v) is 19.9. The maximum atomic E-state index is 12.5. The monoisotopic (exact) mass is 466 g/mol. The first-order valence-electron chi connectivity index (χ1n) is 11.3. The van der Waals surface area contributed by atoms with Crippen molar-refractivity contribution in [2.24, 2.45) is 0 Å². The third kappa shape index (κ3) is 6.32. The second-order valence-electron chi connectivity index (χ2n) is 8.23. The van der Waals surface area contributed by atoms with Crippen LogP contribution < -0.4 is 14.8 Å². The molecule has 1 atom stereocenters. The molecule has 1 saturated carbocycles. The van der Waals surface area contributed by atoms with Gasteiger partial charge in [0.15, 0.2) is 11.5 Å². The van der Waals surface area contributed by atoms with Crippen LogP contribution in [0.4, 0.5) is 0 Å². The molecule has 0 aliphatic heterocycles. The van der Waals surface area contributed by atoms with Gasteiger partial charge in [0.05, 0.1) is 30.7 Å². The number of thioether (sulfide) groups is 1. The number of nitrogens with zero attached hydrogens (tertiary/aromatic N) is 1. The molecule has 1 amide bonds. The second kappa shape index (κ2) is 11.3. The fraction of sp³-hybridized carbons (Fsp3) is 0.385.